The van der Waals surface area contributed by atoms with Crippen LogP contribution in [0.1, 0.15) is 29.7 Å². The number of benzene rings is 2. The quantitative estimate of drug-likeness (QED) is 0.755. The number of aryl methyl sites for hydroxylation is 1. The predicted octanol–water partition coefficient (Wildman–Crippen LogP) is 3.44. The number of nitrogens with one attached hydrogen (secondary N) is 1. The third kappa shape index (κ3) is 3.63. The van der Waals surface area contributed by atoms with Gasteiger partial charge in [0.25, 0.3) is 0 Å². The van der Waals surface area contributed by atoms with Gasteiger partial charge in [-0.05, 0) is 37.6 Å². The van der Waals surface area contributed by atoms with E-state index in [9.17, 15) is 0 Å². The molecule has 0 saturated heterocycles. The van der Waals surface area contributed by atoms with Crippen LogP contribution in [-0.4, -0.2) is 21.9 Å². The van der Waals surface area contributed by atoms with Crippen molar-refractivity contribution in [2.24, 2.45) is 0 Å². The molecular weight excluding hydrogens is 300 g/mol. The standard InChI is InChI=1S/C19H22N4O/c1-14-4-9-19(24-3)17(10-14)11-21-15(2)16-5-7-18(8-6-16)23-13-20-12-22-23/h4-10,12-13,15,21H,11H2,1-3H3. The molecule has 5 nitrogen and oxygen atoms in total. The molecule has 0 fully saturated rings. The molecule has 1 unspecified atom stereocenters. The van der Waals surface area contributed by atoms with Gasteiger partial charge in [-0.2, -0.15) is 5.10 Å². The molecule has 0 saturated carbocycles. The second-order valence-corrected chi connectivity index (χ2v) is 5.85. The Bertz CT molecular complexity index is 782. The fraction of sp³-hybridized carbons (Fsp3) is 0.263. The lowest BCUT2D eigenvalue weighted by atomic mass is 10.1. The molecule has 24 heavy (non-hydrogen) atoms. The van der Waals surface area contributed by atoms with Crippen molar-refractivity contribution in [3.05, 3.63) is 71.8 Å². The monoisotopic (exact) mass is 322 g/mol. The van der Waals surface area contributed by atoms with Gasteiger partial charge in [0.05, 0.1) is 12.8 Å². The van der Waals surface area contributed by atoms with E-state index < -0.39 is 0 Å². The van der Waals surface area contributed by atoms with Crippen molar-refractivity contribution in [1.29, 1.82) is 0 Å². The smallest absolute Gasteiger partial charge is 0.138 e. The number of methoxy groups -OCH3 is 1. The van der Waals surface area contributed by atoms with Gasteiger partial charge in [0.1, 0.15) is 18.4 Å². The molecule has 0 radical (unpaired) electrons. The molecular formula is C19H22N4O. The van der Waals surface area contributed by atoms with Crippen molar-refractivity contribution in [3.8, 4) is 11.4 Å². The molecule has 2 aromatic carbocycles. The largest absolute Gasteiger partial charge is 0.496 e. The maximum Gasteiger partial charge on any atom is 0.138 e. The maximum atomic E-state index is 5.44. The van der Waals surface area contributed by atoms with Gasteiger partial charge < -0.3 is 10.1 Å². The van der Waals surface area contributed by atoms with Crippen LogP contribution in [0, 0.1) is 6.92 Å². The van der Waals surface area contributed by atoms with Crippen LogP contribution in [0.4, 0.5) is 0 Å². The lowest BCUT2D eigenvalue weighted by Gasteiger charge is -2.16. The molecule has 1 atom stereocenters. The molecule has 1 heterocycles. The highest BCUT2D eigenvalue weighted by atomic mass is 16.5. The van der Waals surface area contributed by atoms with E-state index >= 15 is 0 Å². The van der Waals surface area contributed by atoms with E-state index in [2.05, 4.69) is 65.6 Å². The summed E-state index contributed by atoms with van der Waals surface area (Å²) in [4.78, 5) is 3.97. The zero-order chi connectivity index (χ0) is 16.9. The molecule has 0 aliphatic rings. The molecule has 124 valence electrons. The lowest BCUT2D eigenvalue weighted by molar-refractivity contribution is 0.406. The summed E-state index contributed by atoms with van der Waals surface area (Å²) in [5, 5.41) is 7.70. The average molecular weight is 322 g/mol. The Balaban J connectivity index is 1.67. The van der Waals surface area contributed by atoms with Gasteiger partial charge in [-0.25, -0.2) is 9.67 Å². The summed E-state index contributed by atoms with van der Waals surface area (Å²) in [6, 6.07) is 14.8. The highest BCUT2D eigenvalue weighted by Crippen LogP contribution is 2.21. The first kappa shape index (κ1) is 16.2. The minimum atomic E-state index is 0.236. The third-order valence-electron chi connectivity index (χ3n) is 4.11. The number of rotatable bonds is 6. The number of hydrogen-bond donors (Lipinski definition) is 1. The van der Waals surface area contributed by atoms with E-state index in [1.807, 2.05) is 6.07 Å². The summed E-state index contributed by atoms with van der Waals surface area (Å²) < 4.78 is 7.19. The van der Waals surface area contributed by atoms with Crippen LogP contribution < -0.4 is 10.1 Å². The molecule has 0 spiro atoms. The van der Waals surface area contributed by atoms with Crippen LogP contribution in [-0.2, 0) is 6.54 Å². The van der Waals surface area contributed by atoms with Crippen LogP contribution in [0.25, 0.3) is 5.69 Å². The van der Waals surface area contributed by atoms with Crippen LogP contribution in [0.3, 0.4) is 0 Å². The number of aromatic nitrogens is 3. The Kier molecular flexibility index (Phi) is 4.91. The summed E-state index contributed by atoms with van der Waals surface area (Å²) in [6.07, 6.45) is 3.23. The van der Waals surface area contributed by atoms with Gasteiger partial charge in [-0.15, -0.1) is 0 Å². The van der Waals surface area contributed by atoms with E-state index in [0.29, 0.717) is 0 Å². The van der Waals surface area contributed by atoms with Crippen molar-refractivity contribution in [2.75, 3.05) is 7.11 Å². The Morgan fingerprint density at radius 3 is 2.62 bits per heavy atom. The second-order valence-electron chi connectivity index (χ2n) is 5.85. The average Bonchev–Trinajstić information content (AvgIpc) is 3.14. The Morgan fingerprint density at radius 2 is 1.96 bits per heavy atom. The topological polar surface area (TPSA) is 52.0 Å². The van der Waals surface area contributed by atoms with Crippen molar-refractivity contribution < 1.29 is 4.74 Å². The summed E-state index contributed by atoms with van der Waals surface area (Å²) in [5.74, 6) is 0.918. The van der Waals surface area contributed by atoms with Crippen molar-refractivity contribution in [1.82, 2.24) is 20.1 Å². The molecule has 0 aliphatic heterocycles. The summed E-state index contributed by atoms with van der Waals surface area (Å²) in [6.45, 7) is 5.01. The number of nitrogens with zero attached hydrogens (tertiary/aromatic N) is 3. The fourth-order valence-corrected chi connectivity index (χ4v) is 2.68. The van der Waals surface area contributed by atoms with Crippen LogP contribution in [0.2, 0.25) is 0 Å². The molecule has 1 N–H and O–H groups in total. The van der Waals surface area contributed by atoms with E-state index in [1.165, 1.54) is 23.0 Å². The summed E-state index contributed by atoms with van der Waals surface area (Å²) in [7, 11) is 1.71. The van der Waals surface area contributed by atoms with Crippen LogP contribution >= 0.6 is 0 Å². The van der Waals surface area contributed by atoms with E-state index in [4.69, 9.17) is 4.74 Å². The SMILES string of the molecule is COc1ccc(C)cc1CNC(C)c1ccc(-n2cncn2)cc1. The second kappa shape index (κ2) is 7.27. The summed E-state index contributed by atoms with van der Waals surface area (Å²) in [5.41, 5.74) is 4.63. The Labute approximate surface area is 142 Å². The molecule has 1 aromatic heterocycles. The minimum Gasteiger partial charge on any atom is -0.496 e. The third-order valence-corrected chi connectivity index (χ3v) is 4.11. The summed E-state index contributed by atoms with van der Waals surface area (Å²) >= 11 is 0. The van der Waals surface area contributed by atoms with Crippen molar-refractivity contribution >= 4 is 0 Å². The first-order valence-electron chi connectivity index (χ1n) is 7.99. The van der Waals surface area contributed by atoms with E-state index in [-0.39, 0.29) is 6.04 Å². The number of ether oxygens (including phenoxy) is 1. The molecule has 0 aliphatic carbocycles. The lowest BCUT2D eigenvalue weighted by Crippen LogP contribution is -2.18. The van der Waals surface area contributed by atoms with E-state index in [1.54, 1.807) is 18.1 Å². The van der Waals surface area contributed by atoms with Gasteiger partial charge in [-0.3, -0.25) is 0 Å². The number of hydrogen-bond acceptors (Lipinski definition) is 4. The van der Waals surface area contributed by atoms with Gasteiger partial charge in [0.2, 0.25) is 0 Å². The molecule has 0 bridgehead atoms. The Hall–Kier alpha value is -2.66. The zero-order valence-electron chi connectivity index (χ0n) is 14.2. The van der Waals surface area contributed by atoms with Gasteiger partial charge in [0, 0.05) is 18.2 Å². The minimum absolute atomic E-state index is 0.236. The highest BCUT2D eigenvalue weighted by Gasteiger charge is 2.08. The van der Waals surface area contributed by atoms with Gasteiger partial charge in [0.15, 0.2) is 0 Å². The van der Waals surface area contributed by atoms with E-state index in [0.717, 1.165) is 18.0 Å². The molecule has 3 rings (SSSR count). The van der Waals surface area contributed by atoms with Gasteiger partial charge >= 0.3 is 0 Å². The van der Waals surface area contributed by atoms with Crippen molar-refractivity contribution in [3.63, 3.8) is 0 Å². The fourth-order valence-electron chi connectivity index (χ4n) is 2.68. The van der Waals surface area contributed by atoms with Crippen molar-refractivity contribution in [2.45, 2.75) is 26.4 Å². The first-order valence-corrected chi connectivity index (χ1v) is 7.99. The Morgan fingerprint density at radius 1 is 1.17 bits per heavy atom. The van der Waals surface area contributed by atoms with Gasteiger partial charge in [-0.1, -0.05) is 29.8 Å². The van der Waals surface area contributed by atoms with Crippen LogP contribution in [0.5, 0.6) is 5.75 Å². The molecule has 3 aromatic rings. The zero-order valence-corrected chi connectivity index (χ0v) is 14.2. The molecule has 5 heteroatoms. The van der Waals surface area contributed by atoms with Crippen LogP contribution in [0.15, 0.2) is 55.1 Å². The first-order chi connectivity index (χ1) is 11.7. The predicted molar refractivity (Wildman–Crippen MR) is 94.3 cm³/mol. The molecule has 0 amide bonds. The maximum absolute atomic E-state index is 5.44. The normalized spacial score (nSPS) is 12.1. The highest BCUT2D eigenvalue weighted by molar-refractivity contribution is 5.37.